The minimum absolute atomic E-state index is 0.374. The van der Waals surface area contributed by atoms with Crippen LogP contribution >= 0.6 is 7.14 Å². The van der Waals surface area contributed by atoms with Crippen LogP contribution in [-0.4, -0.2) is 43.2 Å². The number of carbonyl (C=O) groups excluding carboxylic acids is 1. The van der Waals surface area contributed by atoms with Crippen LogP contribution in [0.1, 0.15) is 11.3 Å². The van der Waals surface area contributed by atoms with Crippen molar-refractivity contribution in [3.8, 4) is 11.5 Å². The predicted molar refractivity (Wildman–Crippen MR) is 122 cm³/mol. The van der Waals surface area contributed by atoms with E-state index in [0.717, 1.165) is 4.90 Å². The number of hydrogen-bond donors (Lipinski definition) is 1. The summed E-state index contributed by atoms with van der Waals surface area (Å²) >= 11 is 0. The van der Waals surface area contributed by atoms with Gasteiger partial charge in [-0.05, 0) is 17.7 Å². The molecule has 0 aliphatic heterocycles. The number of aliphatic carboxylic acids is 1. The molecule has 0 radical (unpaired) electrons. The maximum atomic E-state index is 15.0. The van der Waals surface area contributed by atoms with Crippen LogP contribution in [0.5, 0.6) is 11.5 Å². The molecule has 8 heteroatoms. The van der Waals surface area contributed by atoms with E-state index < -0.39 is 24.8 Å². The molecule has 0 fully saturated rings. The molecular weight excluding hydrogens is 429 g/mol. The van der Waals surface area contributed by atoms with Gasteiger partial charge in [0.1, 0.15) is 5.78 Å². The molecule has 0 aliphatic rings. The molecule has 0 aromatic heterocycles. The van der Waals surface area contributed by atoms with Gasteiger partial charge in [-0.15, -0.1) is 0 Å². The van der Waals surface area contributed by atoms with Crippen molar-refractivity contribution in [2.24, 2.45) is 0 Å². The Kier molecular flexibility index (Phi) is 7.01. The molecule has 7 nitrogen and oxygen atoms in total. The van der Waals surface area contributed by atoms with Gasteiger partial charge in [-0.1, -0.05) is 66.7 Å². The zero-order chi connectivity index (χ0) is 23.3. The zero-order valence-corrected chi connectivity index (χ0v) is 18.9. The molecule has 3 rings (SSSR count). The van der Waals surface area contributed by atoms with E-state index in [1.165, 1.54) is 21.3 Å². The first-order chi connectivity index (χ1) is 15.3. The molecule has 0 saturated heterocycles. The number of ether oxygens (including phenoxy) is 2. The molecule has 0 aliphatic carbocycles. The van der Waals surface area contributed by atoms with Crippen LogP contribution in [0.15, 0.2) is 78.9 Å². The van der Waals surface area contributed by atoms with E-state index in [0.29, 0.717) is 27.7 Å². The predicted octanol–water partition coefficient (Wildman–Crippen LogP) is 3.26. The Morgan fingerprint density at radius 3 is 1.78 bits per heavy atom. The molecule has 3 aromatic rings. The normalized spacial score (nSPS) is 12.0. The lowest BCUT2D eigenvalue weighted by atomic mass is 10.2. The number of nitrogens with zero attached hydrogens (tertiary/aromatic N) is 1. The smallest absolute Gasteiger partial charge is 0.394 e. The summed E-state index contributed by atoms with van der Waals surface area (Å²) in [6.45, 7) is 0. The molecular formula is C24H24NO6P. The van der Waals surface area contributed by atoms with Gasteiger partial charge in [0.15, 0.2) is 18.6 Å². The first-order valence-corrected chi connectivity index (χ1v) is 11.5. The zero-order valence-electron chi connectivity index (χ0n) is 18.0. The van der Waals surface area contributed by atoms with Crippen molar-refractivity contribution in [1.29, 1.82) is 0 Å². The van der Waals surface area contributed by atoms with E-state index in [-0.39, 0.29) is 0 Å². The number of carboxylic acid groups (broad SMARTS) is 1. The van der Waals surface area contributed by atoms with Crippen LogP contribution in [0, 0.1) is 0 Å². The van der Waals surface area contributed by atoms with Crippen molar-refractivity contribution in [3.63, 3.8) is 0 Å². The number of carbonyl (C=O) groups is 2. The highest BCUT2D eigenvalue weighted by atomic mass is 31.2. The van der Waals surface area contributed by atoms with E-state index in [4.69, 9.17) is 9.47 Å². The van der Waals surface area contributed by atoms with Crippen LogP contribution in [0.3, 0.4) is 0 Å². The molecule has 166 valence electrons. The largest absolute Gasteiger partial charge is 0.493 e. The van der Waals surface area contributed by atoms with E-state index in [9.17, 15) is 19.3 Å². The van der Waals surface area contributed by atoms with E-state index in [1.54, 1.807) is 78.9 Å². The first-order valence-electron chi connectivity index (χ1n) is 9.77. The van der Waals surface area contributed by atoms with Gasteiger partial charge in [0.25, 0.3) is 0 Å². The second kappa shape index (κ2) is 9.71. The molecule has 0 spiro atoms. The fourth-order valence-electron chi connectivity index (χ4n) is 3.68. The summed E-state index contributed by atoms with van der Waals surface area (Å²) in [4.78, 5) is 25.2. The number of carboxylic acids is 1. The molecule has 0 saturated carbocycles. The number of rotatable bonds is 7. The molecule has 3 aromatic carbocycles. The third-order valence-corrected chi connectivity index (χ3v) is 8.66. The van der Waals surface area contributed by atoms with Gasteiger partial charge >= 0.3 is 11.9 Å². The maximum Gasteiger partial charge on any atom is 0.394 e. The third kappa shape index (κ3) is 4.25. The standard InChI is InChI=1S/C24H24NO6P/c1-25(22(26)24(27)28)23(17-14-15-20(30-2)21(16-17)31-3)32(29,18-10-6-4-7-11-18)19-12-8-5-9-13-19/h4-16,23H,1-3H3,(H,27,28). The second-order valence-electron chi connectivity index (χ2n) is 7.04. The van der Waals surface area contributed by atoms with Crippen molar-refractivity contribution in [2.75, 3.05) is 21.3 Å². The number of methoxy groups -OCH3 is 2. The van der Waals surface area contributed by atoms with Gasteiger partial charge in [0, 0.05) is 17.7 Å². The SMILES string of the molecule is COc1ccc(C(N(C)C(=O)C(=O)O)P(=O)(c2ccccc2)c2ccccc2)cc1OC. The fourth-order valence-corrected chi connectivity index (χ4v) is 6.95. The number of amides is 1. The Labute approximate surface area is 186 Å². The van der Waals surface area contributed by atoms with Crippen LogP contribution in [0.25, 0.3) is 0 Å². The first kappa shape index (κ1) is 23.1. The number of hydrogen-bond acceptors (Lipinski definition) is 5. The Morgan fingerprint density at radius 1 is 0.844 bits per heavy atom. The quantitative estimate of drug-likeness (QED) is 0.436. The molecule has 1 N–H and O–H groups in total. The van der Waals surface area contributed by atoms with Gasteiger partial charge in [-0.2, -0.15) is 0 Å². The lowest BCUT2D eigenvalue weighted by Gasteiger charge is -2.35. The monoisotopic (exact) mass is 453 g/mol. The molecule has 32 heavy (non-hydrogen) atoms. The van der Waals surface area contributed by atoms with E-state index in [2.05, 4.69) is 0 Å². The average molecular weight is 453 g/mol. The van der Waals surface area contributed by atoms with Crippen molar-refractivity contribution in [2.45, 2.75) is 5.78 Å². The highest BCUT2D eigenvalue weighted by Crippen LogP contribution is 2.59. The van der Waals surface area contributed by atoms with Crippen LogP contribution in [0.4, 0.5) is 0 Å². The van der Waals surface area contributed by atoms with Crippen molar-refractivity contribution < 1.29 is 28.7 Å². The summed E-state index contributed by atoms with van der Waals surface area (Å²) in [5, 5.41) is 10.4. The highest BCUT2D eigenvalue weighted by molar-refractivity contribution is 7.79. The summed E-state index contributed by atoms with van der Waals surface area (Å²) in [7, 11) is 0.692. The maximum absolute atomic E-state index is 15.0. The minimum Gasteiger partial charge on any atom is -0.493 e. The second-order valence-corrected chi connectivity index (χ2v) is 9.88. The Hall–Kier alpha value is -3.57. The van der Waals surface area contributed by atoms with Gasteiger partial charge in [-0.25, -0.2) is 4.79 Å². The van der Waals surface area contributed by atoms with Gasteiger partial charge in [0.05, 0.1) is 14.2 Å². The summed E-state index contributed by atoms with van der Waals surface area (Å²) in [5.74, 6) is -3.08. The van der Waals surface area contributed by atoms with E-state index >= 15 is 0 Å². The summed E-state index contributed by atoms with van der Waals surface area (Å²) in [5.41, 5.74) is 0.454. The van der Waals surface area contributed by atoms with Gasteiger partial charge < -0.3 is 24.0 Å². The topological polar surface area (TPSA) is 93.1 Å². The molecule has 0 heterocycles. The summed E-state index contributed by atoms with van der Waals surface area (Å²) in [6.07, 6.45) is 0. The third-order valence-electron chi connectivity index (χ3n) is 5.20. The van der Waals surface area contributed by atoms with Crippen LogP contribution in [0.2, 0.25) is 0 Å². The summed E-state index contributed by atoms with van der Waals surface area (Å²) < 4.78 is 25.7. The Bertz CT molecular complexity index is 1110. The Morgan fingerprint density at radius 2 is 1.34 bits per heavy atom. The van der Waals surface area contributed by atoms with E-state index in [1.807, 2.05) is 0 Å². The average Bonchev–Trinajstić information content (AvgIpc) is 2.84. The molecule has 1 amide bonds. The molecule has 1 atom stereocenters. The minimum atomic E-state index is -3.61. The Balaban J connectivity index is 2.35. The van der Waals surface area contributed by atoms with Crippen LogP contribution in [-0.2, 0) is 14.2 Å². The van der Waals surface area contributed by atoms with Crippen molar-refractivity contribution in [1.82, 2.24) is 4.90 Å². The lowest BCUT2D eigenvalue weighted by molar-refractivity contribution is -0.155. The van der Waals surface area contributed by atoms with Crippen molar-refractivity contribution in [3.05, 3.63) is 84.4 Å². The highest BCUT2D eigenvalue weighted by Gasteiger charge is 2.43. The lowest BCUT2D eigenvalue weighted by Crippen LogP contribution is -2.39. The summed E-state index contributed by atoms with van der Waals surface area (Å²) in [6, 6.07) is 22.5. The number of benzene rings is 3. The van der Waals surface area contributed by atoms with Crippen molar-refractivity contribution >= 4 is 29.6 Å². The molecule has 1 unspecified atom stereocenters. The fraction of sp³-hybridized carbons (Fsp3) is 0.167. The number of likely N-dealkylation sites (N-methyl/N-ethyl adjacent to an activating group) is 1. The molecule has 0 bridgehead atoms. The van der Waals surface area contributed by atoms with Crippen LogP contribution < -0.4 is 20.1 Å². The van der Waals surface area contributed by atoms with Gasteiger partial charge in [0.2, 0.25) is 0 Å². The van der Waals surface area contributed by atoms with Gasteiger partial charge in [-0.3, -0.25) is 4.79 Å².